The number of amides is 1. The molecule has 0 bridgehead atoms. The summed E-state index contributed by atoms with van der Waals surface area (Å²) in [5.74, 6) is 0.0825. The third-order valence-corrected chi connectivity index (χ3v) is 2.20. The Kier molecular flexibility index (Phi) is 2.18. The van der Waals surface area contributed by atoms with Gasteiger partial charge in [0.25, 0.3) is 0 Å². The molecule has 0 aliphatic heterocycles. The van der Waals surface area contributed by atoms with Crippen LogP contribution >= 0.6 is 0 Å². The molecular formula is C8H15NO2. The molecule has 0 aromatic carbocycles. The number of aliphatic hydroxyl groups is 1. The molecule has 3 heteroatoms. The maximum absolute atomic E-state index is 11.3. The molecule has 1 aliphatic carbocycles. The molecule has 1 fully saturated rings. The van der Waals surface area contributed by atoms with E-state index in [1.807, 2.05) is 6.92 Å². The number of carbonyl (C=O) groups excluding carboxylic acids is 1. The molecule has 0 spiro atoms. The van der Waals surface area contributed by atoms with Gasteiger partial charge in [-0.15, -0.1) is 0 Å². The Morgan fingerprint density at radius 1 is 1.73 bits per heavy atom. The van der Waals surface area contributed by atoms with Crippen LogP contribution in [0.1, 0.15) is 26.7 Å². The summed E-state index contributed by atoms with van der Waals surface area (Å²) in [6.07, 6.45) is 1.97. The van der Waals surface area contributed by atoms with Crippen LogP contribution in [0.5, 0.6) is 0 Å². The molecule has 0 heterocycles. The molecule has 1 aliphatic rings. The minimum absolute atomic E-state index is 0.0157. The van der Waals surface area contributed by atoms with Gasteiger partial charge in [-0.1, -0.05) is 6.92 Å². The SMILES string of the molecule is C[C@@H](CO)NC(=O)C1(C)CC1. The second kappa shape index (κ2) is 2.81. The number of hydrogen-bond acceptors (Lipinski definition) is 2. The van der Waals surface area contributed by atoms with E-state index >= 15 is 0 Å². The Labute approximate surface area is 66.8 Å². The van der Waals surface area contributed by atoms with E-state index in [1.165, 1.54) is 0 Å². The van der Waals surface area contributed by atoms with Gasteiger partial charge in [0, 0.05) is 11.5 Å². The number of nitrogens with one attached hydrogen (secondary N) is 1. The van der Waals surface area contributed by atoms with E-state index in [0.717, 1.165) is 12.8 Å². The van der Waals surface area contributed by atoms with Crippen LogP contribution in [0.2, 0.25) is 0 Å². The van der Waals surface area contributed by atoms with Gasteiger partial charge >= 0.3 is 0 Å². The Balaban J connectivity index is 2.32. The average molecular weight is 157 g/mol. The molecule has 0 aromatic heterocycles. The van der Waals surface area contributed by atoms with Crippen LogP contribution < -0.4 is 5.32 Å². The molecule has 0 aromatic rings. The van der Waals surface area contributed by atoms with Crippen molar-refractivity contribution < 1.29 is 9.90 Å². The summed E-state index contributed by atoms with van der Waals surface area (Å²) in [5.41, 5.74) is -0.122. The van der Waals surface area contributed by atoms with Crippen molar-refractivity contribution in [3.05, 3.63) is 0 Å². The van der Waals surface area contributed by atoms with Crippen molar-refractivity contribution in [2.75, 3.05) is 6.61 Å². The van der Waals surface area contributed by atoms with Gasteiger partial charge in [0.2, 0.25) is 5.91 Å². The van der Waals surface area contributed by atoms with Crippen LogP contribution in [-0.4, -0.2) is 23.7 Å². The highest BCUT2D eigenvalue weighted by Gasteiger charge is 2.44. The van der Waals surface area contributed by atoms with Gasteiger partial charge in [-0.2, -0.15) is 0 Å². The second-order valence-electron chi connectivity index (χ2n) is 3.62. The molecule has 1 atom stereocenters. The van der Waals surface area contributed by atoms with Gasteiger partial charge in [0.05, 0.1) is 6.61 Å². The summed E-state index contributed by atoms with van der Waals surface area (Å²) < 4.78 is 0. The highest BCUT2D eigenvalue weighted by atomic mass is 16.3. The third-order valence-electron chi connectivity index (χ3n) is 2.20. The van der Waals surface area contributed by atoms with E-state index in [9.17, 15) is 4.79 Å². The zero-order valence-corrected chi connectivity index (χ0v) is 7.05. The van der Waals surface area contributed by atoms with Gasteiger partial charge in [0.15, 0.2) is 0 Å². The van der Waals surface area contributed by atoms with Crippen LogP contribution in [0.15, 0.2) is 0 Å². The number of rotatable bonds is 3. The summed E-state index contributed by atoms with van der Waals surface area (Å²) in [4.78, 5) is 11.3. The van der Waals surface area contributed by atoms with Crippen molar-refractivity contribution in [1.29, 1.82) is 0 Å². The lowest BCUT2D eigenvalue weighted by atomic mass is 10.1. The van der Waals surface area contributed by atoms with Gasteiger partial charge in [-0.3, -0.25) is 4.79 Å². The topological polar surface area (TPSA) is 49.3 Å². The van der Waals surface area contributed by atoms with Gasteiger partial charge in [0.1, 0.15) is 0 Å². The lowest BCUT2D eigenvalue weighted by Gasteiger charge is -2.14. The summed E-state index contributed by atoms with van der Waals surface area (Å²) in [5, 5.41) is 11.4. The molecule has 3 nitrogen and oxygen atoms in total. The zero-order chi connectivity index (χ0) is 8.48. The minimum atomic E-state index is -0.122. The first-order valence-electron chi connectivity index (χ1n) is 4.00. The zero-order valence-electron chi connectivity index (χ0n) is 7.05. The number of hydrogen-bond donors (Lipinski definition) is 2. The van der Waals surface area contributed by atoms with Gasteiger partial charge in [-0.25, -0.2) is 0 Å². The quantitative estimate of drug-likeness (QED) is 0.618. The Morgan fingerprint density at radius 2 is 2.27 bits per heavy atom. The van der Waals surface area contributed by atoms with Crippen LogP contribution in [0.25, 0.3) is 0 Å². The van der Waals surface area contributed by atoms with Crippen molar-refractivity contribution in [3.63, 3.8) is 0 Å². The highest BCUT2D eigenvalue weighted by Crippen LogP contribution is 2.44. The molecule has 64 valence electrons. The second-order valence-corrected chi connectivity index (χ2v) is 3.62. The van der Waals surface area contributed by atoms with Crippen molar-refractivity contribution >= 4 is 5.91 Å². The molecule has 1 saturated carbocycles. The third kappa shape index (κ3) is 1.93. The van der Waals surface area contributed by atoms with E-state index in [-0.39, 0.29) is 24.0 Å². The van der Waals surface area contributed by atoms with E-state index in [4.69, 9.17) is 5.11 Å². The normalized spacial score (nSPS) is 22.5. The largest absolute Gasteiger partial charge is 0.394 e. The van der Waals surface area contributed by atoms with E-state index in [2.05, 4.69) is 5.32 Å². The van der Waals surface area contributed by atoms with Crippen molar-refractivity contribution in [2.45, 2.75) is 32.7 Å². The minimum Gasteiger partial charge on any atom is -0.394 e. The van der Waals surface area contributed by atoms with E-state index < -0.39 is 0 Å². The molecule has 1 amide bonds. The Hall–Kier alpha value is -0.570. The van der Waals surface area contributed by atoms with Crippen LogP contribution in [-0.2, 0) is 4.79 Å². The fourth-order valence-electron chi connectivity index (χ4n) is 0.858. The first-order chi connectivity index (χ1) is 5.08. The first kappa shape index (κ1) is 8.53. The van der Waals surface area contributed by atoms with E-state index in [1.54, 1.807) is 6.92 Å². The van der Waals surface area contributed by atoms with Crippen LogP contribution in [0, 0.1) is 5.41 Å². The summed E-state index contributed by atoms with van der Waals surface area (Å²) in [7, 11) is 0. The van der Waals surface area contributed by atoms with Crippen LogP contribution in [0.3, 0.4) is 0 Å². The smallest absolute Gasteiger partial charge is 0.226 e. The summed E-state index contributed by atoms with van der Waals surface area (Å²) >= 11 is 0. The number of aliphatic hydroxyl groups excluding tert-OH is 1. The fourth-order valence-corrected chi connectivity index (χ4v) is 0.858. The Bertz CT molecular complexity index is 163. The van der Waals surface area contributed by atoms with Gasteiger partial charge < -0.3 is 10.4 Å². The predicted molar refractivity (Wildman–Crippen MR) is 42.0 cm³/mol. The Morgan fingerprint density at radius 3 is 2.64 bits per heavy atom. The maximum Gasteiger partial charge on any atom is 0.226 e. The molecular weight excluding hydrogens is 142 g/mol. The van der Waals surface area contributed by atoms with Crippen molar-refractivity contribution in [3.8, 4) is 0 Å². The van der Waals surface area contributed by atoms with Gasteiger partial charge in [-0.05, 0) is 19.8 Å². The molecule has 2 N–H and O–H groups in total. The standard InChI is InChI=1S/C8H15NO2/c1-6(5-10)9-7(11)8(2)3-4-8/h6,10H,3-5H2,1-2H3,(H,9,11)/t6-/m0/s1. The van der Waals surface area contributed by atoms with Crippen LogP contribution in [0.4, 0.5) is 0 Å². The van der Waals surface area contributed by atoms with E-state index in [0.29, 0.717) is 0 Å². The first-order valence-corrected chi connectivity index (χ1v) is 4.00. The molecule has 0 unspecified atom stereocenters. The fraction of sp³-hybridized carbons (Fsp3) is 0.875. The molecule has 0 saturated heterocycles. The highest BCUT2D eigenvalue weighted by molar-refractivity contribution is 5.84. The lowest BCUT2D eigenvalue weighted by molar-refractivity contribution is -0.126. The summed E-state index contributed by atoms with van der Waals surface area (Å²) in [6, 6.07) is -0.111. The number of carbonyl (C=O) groups is 1. The predicted octanol–water partition coefficient (Wildman–Crippen LogP) is 0.283. The lowest BCUT2D eigenvalue weighted by Crippen LogP contribution is -2.39. The van der Waals surface area contributed by atoms with Crippen molar-refractivity contribution in [1.82, 2.24) is 5.32 Å². The maximum atomic E-state index is 11.3. The molecule has 11 heavy (non-hydrogen) atoms. The molecule has 0 radical (unpaired) electrons. The average Bonchev–Trinajstić information content (AvgIpc) is 2.69. The van der Waals surface area contributed by atoms with Crippen molar-refractivity contribution in [2.24, 2.45) is 5.41 Å². The summed E-state index contributed by atoms with van der Waals surface area (Å²) in [6.45, 7) is 3.76. The molecule has 1 rings (SSSR count). The monoisotopic (exact) mass is 157 g/mol.